The maximum Gasteiger partial charge on any atom is 0.303 e. The van der Waals surface area contributed by atoms with Crippen molar-refractivity contribution in [3.05, 3.63) is 71.1 Å². The second-order valence-corrected chi connectivity index (χ2v) is 8.90. The second-order valence-electron chi connectivity index (χ2n) is 8.90. The molecule has 1 amide bonds. The highest BCUT2D eigenvalue weighted by molar-refractivity contribution is 5.96. The number of aromatic nitrogens is 1. The summed E-state index contributed by atoms with van der Waals surface area (Å²) in [5.41, 5.74) is 2.41. The number of aliphatic carboxylic acids is 1. The van der Waals surface area contributed by atoms with Gasteiger partial charge in [-0.05, 0) is 63.9 Å². The van der Waals surface area contributed by atoms with Crippen molar-refractivity contribution in [2.45, 2.75) is 52.5 Å². The molecule has 0 spiro atoms. The number of oxazole rings is 1. The lowest BCUT2D eigenvalue weighted by Crippen LogP contribution is -2.41. The molecule has 0 unspecified atom stereocenters. The first-order valence-corrected chi connectivity index (χ1v) is 10.9. The predicted octanol–water partition coefficient (Wildman–Crippen LogP) is 4.82. The number of aryl methyl sites for hydroxylation is 2. The quantitative estimate of drug-likeness (QED) is 0.485. The summed E-state index contributed by atoms with van der Waals surface area (Å²) in [7, 11) is 0. The van der Waals surface area contributed by atoms with Gasteiger partial charge in [-0.3, -0.25) is 9.59 Å². The Bertz CT molecular complexity index is 1110. The first kappa shape index (κ1) is 24.0. The Kier molecular flexibility index (Phi) is 7.53. The number of carboxylic acids is 1. The van der Waals surface area contributed by atoms with Crippen molar-refractivity contribution in [1.29, 1.82) is 0 Å². The number of nitrogens with zero attached hydrogens (tertiary/aromatic N) is 1. The Hall–Kier alpha value is -3.61. The van der Waals surface area contributed by atoms with Crippen LogP contribution < -0.4 is 10.1 Å². The standard InChI is InChI=1S/C26H30N2O5/c1-17-22(27-25(33-17)19-8-6-5-7-9-19)14-15-32-20-12-10-18(11-13-23(29)30)21(16-20)24(31)28-26(2,3)4/h5-10,12,16H,11,13-15H2,1-4H3,(H,28,31)(H,29,30). The van der Waals surface area contributed by atoms with E-state index in [2.05, 4.69) is 10.3 Å². The molecule has 0 aliphatic rings. The Labute approximate surface area is 193 Å². The maximum atomic E-state index is 12.8. The fourth-order valence-corrected chi connectivity index (χ4v) is 3.35. The third-order valence-electron chi connectivity index (χ3n) is 4.94. The van der Waals surface area contributed by atoms with Crippen LogP contribution in [0.25, 0.3) is 11.5 Å². The molecule has 2 N–H and O–H groups in total. The van der Waals surface area contributed by atoms with Crippen molar-refractivity contribution < 1.29 is 23.8 Å². The molecular weight excluding hydrogens is 420 g/mol. The van der Waals surface area contributed by atoms with Gasteiger partial charge in [-0.15, -0.1) is 0 Å². The molecule has 7 nitrogen and oxygen atoms in total. The van der Waals surface area contributed by atoms with Gasteiger partial charge in [0.1, 0.15) is 11.5 Å². The minimum atomic E-state index is -0.907. The average Bonchev–Trinajstić information content (AvgIpc) is 3.12. The summed E-state index contributed by atoms with van der Waals surface area (Å²) in [4.78, 5) is 28.4. The normalized spacial score (nSPS) is 11.3. The van der Waals surface area contributed by atoms with Gasteiger partial charge >= 0.3 is 5.97 Å². The first-order chi connectivity index (χ1) is 15.6. The molecule has 0 bridgehead atoms. The first-order valence-electron chi connectivity index (χ1n) is 10.9. The van der Waals surface area contributed by atoms with Crippen LogP contribution in [-0.2, 0) is 17.6 Å². The smallest absolute Gasteiger partial charge is 0.303 e. The number of rotatable bonds is 9. The molecule has 1 aromatic heterocycles. The van der Waals surface area contributed by atoms with E-state index in [0.29, 0.717) is 35.8 Å². The van der Waals surface area contributed by atoms with Crippen LogP contribution in [0.2, 0.25) is 0 Å². The van der Waals surface area contributed by atoms with Gasteiger partial charge in [0.2, 0.25) is 5.89 Å². The molecule has 1 heterocycles. The number of hydrogen-bond donors (Lipinski definition) is 2. The number of nitrogens with one attached hydrogen (secondary N) is 1. The fourth-order valence-electron chi connectivity index (χ4n) is 3.35. The monoisotopic (exact) mass is 450 g/mol. The largest absolute Gasteiger partial charge is 0.493 e. The van der Waals surface area contributed by atoms with Crippen LogP contribution in [-0.4, -0.2) is 34.1 Å². The Morgan fingerprint density at radius 2 is 1.82 bits per heavy atom. The second kappa shape index (κ2) is 10.3. The number of carbonyl (C=O) groups is 2. The summed E-state index contributed by atoms with van der Waals surface area (Å²) in [5.74, 6) is 0.694. The van der Waals surface area contributed by atoms with E-state index in [9.17, 15) is 9.59 Å². The molecule has 174 valence electrons. The number of ether oxygens (including phenoxy) is 1. The van der Waals surface area contributed by atoms with Crippen molar-refractivity contribution in [2.24, 2.45) is 0 Å². The van der Waals surface area contributed by atoms with Gasteiger partial charge in [0.15, 0.2) is 0 Å². The van der Waals surface area contributed by atoms with Crippen LogP contribution >= 0.6 is 0 Å². The van der Waals surface area contributed by atoms with Crippen molar-refractivity contribution in [2.75, 3.05) is 6.61 Å². The van der Waals surface area contributed by atoms with E-state index in [1.54, 1.807) is 18.2 Å². The summed E-state index contributed by atoms with van der Waals surface area (Å²) >= 11 is 0. The summed E-state index contributed by atoms with van der Waals surface area (Å²) in [5, 5.41) is 12.0. The Morgan fingerprint density at radius 3 is 2.48 bits per heavy atom. The van der Waals surface area contributed by atoms with Gasteiger partial charge in [-0.25, -0.2) is 4.98 Å². The van der Waals surface area contributed by atoms with Crippen molar-refractivity contribution >= 4 is 11.9 Å². The molecule has 0 saturated heterocycles. The van der Waals surface area contributed by atoms with Crippen LogP contribution in [0.15, 0.2) is 52.9 Å². The van der Waals surface area contributed by atoms with E-state index in [0.717, 1.165) is 17.0 Å². The van der Waals surface area contributed by atoms with E-state index in [-0.39, 0.29) is 18.7 Å². The van der Waals surface area contributed by atoms with Gasteiger partial charge in [0.25, 0.3) is 5.91 Å². The third-order valence-corrected chi connectivity index (χ3v) is 4.94. The molecule has 0 saturated carbocycles. The van der Waals surface area contributed by atoms with E-state index in [1.807, 2.05) is 58.0 Å². The van der Waals surface area contributed by atoms with E-state index in [4.69, 9.17) is 14.3 Å². The van der Waals surface area contributed by atoms with Crippen LogP contribution in [0.4, 0.5) is 0 Å². The van der Waals surface area contributed by atoms with Crippen LogP contribution in [0, 0.1) is 6.92 Å². The van der Waals surface area contributed by atoms with Gasteiger partial charge < -0.3 is 19.6 Å². The van der Waals surface area contributed by atoms with Crippen LogP contribution in [0.1, 0.15) is 54.6 Å². The number of carboxylic acid groups (broad SMARTS) is 1. The molecule has 0 fully saturated rings. The summed E-state index contributed by atoms with van der Waals surface area (Å²) < 4.78 is 11.7. The highest BCUT2D eigenvalue weighted by Gasteiger charge is 2.19. The van der Waals surface area contributed by atoms with Crippen molar-refractivity contribution in [3.63, 3.8) is 0 Å². The van der Waals surface area contributed by atoms with Gasteiger partial charge in [0.05, 0.1) is 12.3 Å². The molecular formula is C26H30N2O5. The SMILES string of the molecule is Cc1oc(-c2ccccc2)nc1CCOc1ccc(CCC(=O)O)c(C(=O)NC(C)(C)C)c1. The topological polar surface area (TPSA) is 102 Å². The predicted molar refractivity (Wildman–Crippen MR) is 125 cm³/mol. The summed E-state index contributed by atoms with van der Waals surface area (Å²) in [6, 6.07) is 14.9. The molecule has 0 atom stereocenters. The minimum Gasteiger partial charge on any atom is -0.493 e. The van der Waals surface area contributed by atoms with E-state index in [1.165, 1.54) is 0 Å². The Balaban J connectivity index is 1.70. The molecule has 3 rings (SSSR count). The molecule has 0 aliphatic heterocycles. The fraction of sp³-hybridized carbons (Fsp3) is 0.346. The van der Waals surface area contributed by atoms with Crippen molar-refractivity contribution in [1.82, 2.24) is 10.3 Å². The summed E-state index contributed by atoms with van der Waals surface area (Å²) in [6.07, 6.45) is 0.764. The molecule has 0 aliphatic carbocycles. The highest BCUT2D eigenvalue weighted by atomic mass is 16.5. The lowest BCUT2D eigenvalue weighted by atomic mass is 10.00. The van der Waals surface area contributed by atoms with E-state index < -0.39 is 11.5 Å². The van der Waals surface area contributed by atoms with Crippen molar-refractivity contribution in [3.8, 4) is 17.2 Å². The number of benzene rings is 2. The maximum absolute atomic E-state index is 12.8. The zero-order chi connectivity index (χ0) is 24.0. The molecule has 33 heavy (non-hydrogen) atoms. The molecule has 2 aromatic carbocycles. The lowest BCUT2D eigenvalue weighted by molar-refractivity contribution is -0.136. The third kappa shape index (κ3) is 6.94. The molecule has 3 aromatic rings. The lowest BCUT2D eigenvalue weighted by Gasteiger charge is -2.22. The number of amides is 1. The zero-order valence-corrected chi connectivity index (χ0v) is 19.5. The van der Waals surface area contributed by atoms with Crippen LogP contribution in [0.3, 0.4) is 0 Å². The molecule has 7 heteroatoms. The van der Waals surface area contributed by atoms with Gasteiger partial charge in [-0.1, -0.05) is 24.3 Å². The summed E-state index contributed by atoms with van der Waals surface area (Å²) in [6.45, 7) is 7.92. The number of carbonyl (C=O) groups excluding carboxylic acids is 1. The number of hydrogen-bond acceptors (Lipinski definition) is 5. The average molecular weight is 451 g/mol. The van der Waals surface area contributed by atoms with E-state index >= 15 is 0 Å². The van der Waals surface area contributed by atoms with Gasteiger partial charge in [-0.2, -0.15) is 0 Å². The molecule has 0 radical (unpaired) electrons. The highest BCUT2D eigenvalue weighted by Crippen LogP contribution is 2.23. The van der Waals surface area contributed by atoms with Crippen LogP contribution in [0.5, 0.6) is 5.75 Å². The Morgan fingerprint density at radius 1 is 1.09 bits per heavy atom. The minimum absolute atomic E-state index is 0.0504. The van der Waals surface area contributed by atoms with Gasteiger partial charge in [0, 0.05) is 29.5 Å². The zero-order valence-electron chi connectivity index (χ0n) is 19.5.